The molecule has 0 saturated carbocycles. The minimum atomic E-state index is 0. The van der Waals surface area contributed by atoms with Crippen molar-refractivity contribution < 1.29 is 9.53 Å². The molecule has 0 aromatic heterocycles. The van der Waals surface area contributed by atoms with E-state index in [-0.39, 0.29) is 30.5 Å². The van der Waals surface area contributed by atoms with Crippen molar-refractivity contribution >= 4 is 18.3 Å². The summed E-state index contributed by atoms with van der Waals surface area (Å²) in [6, 6.07) is 1.28. The van der Waals surface area contributed by atoms with Crippen molar-refractivity contribution in [2.24, 2.45) is 0 Å². The molecule has 3 rings (SSSR count). The number of morpholine rings is 1. The fraction of sp³-hybridized carbons (Fsp3) is 0.933. The lowest BCUT2D eigenvalue weighted by Crippen LogP contribution is -2.51. The van der Waals surface area contributed by atoms with E-state index in [0.717, 1.165) is 26.2 Å². The number of nitrogens with one attached hydrogen (secondary N) is 1. The van der Waals surface area contributed by atoms with Gasteiger partial charge in [0.05, 0.1) is 18.8 Å². The van der Waals surface area contributed by atoms with Gasteiger partial charge in [-0.15, -0.1) is 12.4 Å². The first-order valence-corrected chi connectivity index (χ1v) is 8.02. The molecule has 0 aromatic rings. The number of amides is 1. The van der Waals surface area contributed by atoms with Crippen molar-refractivity contribution in [2.45, 2.75) is 57.4 Å². The standard InChI is InChI=1S/C15H27N3O2.ClH/c1-11-7-18(8-12(2)20-11)15(19)10-17-6-5-13-3-4-14(9-17)16-13;/h11-14,16H,3-10H2,1-2H3;1H. The maximum absolute atomic E-state index is 12.5. The molecule has 3 heterocycles. The molecule has 4 unspecified atom stereocenters. The van der Waals surface area contributed by atoms with Gasteiger partial charge in [-0.1, -0.05) is 0 Å². The third-order valence-corrected chi connectivity index (χ3v) is 4.74. The summed E-state index contributed by atoms with van der Waals surface area (Å²) in [4.78, 5) is 16.8. The maximum Gasteiger partial charge on any atom is 0.236 e. The van der Waals surface area contributed by atoms with Gasteiger partial charge in [-0.3, -0.25) is 9.69 Å². The molecule has 3 aliphatic heterocycles. The van der Waals surface area contributed by atoms with Crippen LogP contribution in [0.3, 0.4) is 0 Å². The first kappa shape index (κ1) is 17.0. The molecule has 3 fully saturated rings. The molecule has 1 N–H and O–H groups in total. The zero-order chi connectivity index (χ0) is 14.1. The van der Waals surface area contributed by atoms with E-state index in [0.29, 0.717) is 18.6 Å². The summed E-state index contributed by atoms with van der Waals surface area (Å²) in [6.07, 6.45) is 4.07. The number of likely N-dealkylation sites (tertiary alicyclic amines) is 1. The van der Waals surface area contributed by atoms with E-state index in [1.165, 1.54) is 19.3 Å². The molecule has 0 aliphatic carbocycles. The minimum Gasteiger partial charge on any atom is -0.372 e. The summed E-state index contributed by atoms with van der Waals surface area (Å²) < 4.78 is 5.70. The molecule has 3 saturated heterocycles. The SMILES string of the molecule is CC1CN(C(=O)CN2CCC3CCC(C2)N3)CC(C)O1.Cl. The molecule has 1 amide bonds. The number of fused-ring (bicyclic) bond motifs is 2. The molecular formula is C15H28ClN3O2. The normalized spacial score (nSPS) is 37.0. The van der Waals surface area contributed by atoms with Gasteiger partial charge in [0.25, 0.3) is 0 Å². The fourth-order valence-electron chi connectivity index (χ4n) is 3.83. The van der Waals surface area contributed by atoms with Crippen LogP contribution in [-0.2, 0) is 9.53 Å². The van der Waals surface area contributed by atoms with E-state index in [2.05, 4.69) is 10.2 Å². The van der Waals surface area contributed by atoms with E-state index >= 15 is 0 Å². The molecule has 5 nitrogen and oxygen atoms in total. The molecule has 0 aromatic carbocycles. The van der Waals surface area contributed by atoms with E-state index in [9.17, 15) is 4.79 Å². The Bertz CT molecular complexity index is 359. The van der Waals surface area contributed by atoms with Crippen LogP contribution in [0.5, 0.6) is 0 Å². The number of ether oxygens (including phenoxy) is 1. The van der Waals surface area contributed by atoms with Crippen LogP contribution in [-0.4, -0.2) is 72.7 Å². The van der Waals surface area contributed by atoms with Crippen LogP contribution in [0.4, 0.5) is 0 Å². The number of carbonyl (C=O) groups is 1. The number of rotatable bonds is 2. The summed E-state index contributed by atoms with van der Waals surface area (Å²) >= 11 is 0. The predicted molar refractivity (Wildman–Crippen MR) is 84.8 cm³/mol. The van der Waals surface area contributed by atoms with Gasteiger partial charge >= 0.3 is 0 Å². The van der Waals surface area contributed by atoms with E-state index in [1.54, 1.807) is 0 Å². The first-order chi connectivity index (χ1) is 9.60. The highest BCUT2D eigenvalue weighted by Crippen LogP contribution is 2.20. The third kappa shape index (κ3) is 4.31. The summed E-state index contributed by atoms with van der Waals surface area (Å²) in [5.74, 6) is 0.268. The van der Waals surface area contributed by atoms with Gasteiger partial charge in [-0.05, 0) is 33.1 Å². The molecule has 122 valence electrons. The van der Waals surface area contributed by atoms with Gasteiger partial charge in [0.2, 0.25) is 5.91 Å². The smallest absolute Gasteiger partial charge is 0.236 e. The van der Waals surface area contributed by atoms with E-state index < -0.39 is 0 Å². The summed E-state index contributed by atoms with van der Waals surface area (Å²) in [5, 5.41) is 3.66. The first-order valence-electron chi connectivity index (χ1n) is 8.02. The summed E-state index contributed by atoms with van der Waals surface area (Å²) in [6.45, 7) is 8.22. The zero-order valence-corrected chi connectivity index (χ0v) is 13.9. The van der Waals surface area contributed by atoms with Crippen molar-refractivity contribution in [1.29, 1.82) is 0 Å². The highest BCUT2D eigenvalue weighted by atomic mass is 35.5. The van der Waals surface area contributed by atoms with Crippen molar-refractivity contribution in [3.8, 4) is 0 Å². The van der Waals surface area contributed by atoms with Gasteiger partial charge < -0.3 is 15.0 Å². The quantitative estimate of drug-likeness (QED) is 0.821. The second-order valence-corrected chi connectivity index (χ2v) is 6.72. The second kappa shape index (κ2) is 7.27. The zero-order valence-electron chi connectivity index (χ0n) is 13.1. The molecule has 6 heteroatoms. The lowest BCUT2D eigenvalue weighted by Gasteiger charge is -2.36. The van der Waals surface area contributed by atoms with Gasteiger partial charge in [-0.2, -0.15) is 0 Å². The average Bonchev–Trinajstić information content (AvgIpc) is 2.71. The van der Waals surface area contributed by atoms with Crippen molar-refractivity contribution in [2.75, 3.05) is 32.7 Å². The van der Waals surface area contributed by atoms with E-state index in [1.807, 2.05) is 18.7 Å². The van der Waals surface area contributed by atoms with Gasteiger partial charge in [0, 0.05) is 38.3 Å². The second-order valence-electron chi connectivity index (χ2n) is 6.72. The fourth-order valence-corrected chi connectivity index (χ4v) is 3.83. The number of hydrogen-bond acceptors (Lipinski definition) is 4. The molecule has 3 aliphatic rings. The Kier molecular flexibility index (Phi) is 5.88. The number of hydrogen-bond donors (Lipinski definition) is 1. The molecule has 21 heavy (non-hydrogen) atoms. The number of halogens is 1. The van der Waals surface area contributed by atoms with Crippen LogP contribution in [0.1, 0.15) is 33.1 Å². The van der Waals surface area contributed by atoms with Crippen molar-refractivity contribution in [3.05, 3.63) is 0 Å². The van der Waals surface area contributed by atoms with E-state index in [4.69, 9.17) is 4.74 Å². The molecule has 2 bridgehead atoms. The lowest BCUT2D eigenvalue weighted by molar-refractivity contribution is -0.144. The number of nitrogens with zero attached hydrogens (tertiary/aromatic N) is 2. The minimum absolute atomic E-state index is 0. The Hall–Kier alpha value is -0.360. The average molecular weight is 318 g/mol. The van der Waals surface area contributed by atoms with Gasteiger partial charge in [-0.25, -0.2) is 0 Å². The number of carbonyl (C=O) groups excluding carboxylic acids is 1. The van der Waals surface area contributed by atoms with Crippen LogP contribution >= 0.6 is 12.4 Å². The lowest BCUT2D eigenvalue weighted by atomic mass is 10.1. The Labute approximate surface area is 133 Å². The highest BCUT2D eigenvalue weighted by Gasteiger charge is 2.31. The summed E-state index contributed by atoms with van der Waals surface area (Å²) in [5.41, 5.74) is 0. The Balaban J connectivity index is 0.00000161. The van der Waals surface area contributed by atoms with Crippen molar-refractivity contribution in [1.82, 2.24) is 15.1 Å². The molecule has 0 radical (unpaired) electrons. The van der Waals surface area contributed by atoms with Crippen LogP contribution in [0.25, 0.3) is 0 Å². The van der Waals surface area contributed by atoms with Crippen molar-refractivity contribution in [3.63, 3.8) is 0 Å². The highest BCUT2D eigenvalue weighted by molar-refractivity contribution is 5.85. The van der Waals surface area contributed by atoms with Crippen LogP contribution < -0.4 is 5.32 Å². The Morgan fingerprint density at radius 3 is 2.48 bits per heavy atom. The molecule has 0 spiro atoms. The van der Waals surface area contributed by atoms with Gasteiger partial charge in [0.1, 0.15) is 0 Å². The topological polar surface area (TPSA) is 44.8 Å². The Morgan fingerprint density at radius 2 is 1.76 bits per heavy atom. The molecular weight excluding hydrogens is 290 g/mol. The van der Waals surface area contributed by atoms with Crippen LogP contribution in [0.15, 0.2) is 0 Å². The summed E-state index contributed by atoms with van der Waals surface area (Å²) in [7, 11) is 0. The maximum atomic E-state index is 12.5. The monoisotopic (exact) mass is 317 g/mol. The molecule has 4 atom stereocenters. The van der Waals surface area contributed by atoms with Crippen LogP contribution in [0, 0.1) is 0 Å². The van der Waals surface area contributed by atoms with Gasteiger partial charge in [0.15, 0.2) is 0 Å². The van der Waals surface area contributed by atoms with Crippen LogP contribution in [0.2, 0.25) is 0 Å². The predicted octanol–water partition coefficient (Wildman–Crippen LogP) is 0.870. The largest absolute Gasteiger partial charge is 0.372 e. The third-order valence-electron chi connectivity index (χ3n) is 4.74. The Morgan fingerprint density at radius 1 is 1.10 bits per heavy atom.